The fraction of sp³-hybridized carbons (Fsp3) is 0.286. The van der Waals surface area contributed by atoms with Crippen LogP contribution in [0, 0.1) is 5.82 Å². The SMILES string of the molecule is CCNCc1ccc(F)cc1S(=O)(=O)NCc1ccco1. The van der Waals surface area contributed by atoms with Crippen LogP contribution >= 0.6 is 0 Å². The van der Waals surface area contributed by atoms with E-state index in [1.165, 1.54) is 18.4 Å². The molecule has 2 N–H and O–H groups in total. The molecule has 1 aromatic carbocycles. The highest BCUT2D eigenvalue weighted by Crippen LogP contribution is 2.18. The molecule has 2 aromatic rings. The van der Waals surface area contributed by atoms with Crippen LogP contribution in [0.2, 0.25) is 0 Å². The number of furan rings is 1. The predicted octanol–water partition coefficient (Wildman–Crippen LogP) is 2.01. The van der Waals surface area contributed by atoms with Crippen molar-refractivity contribution in [3.8, 4) is 0 Å². The summed E-state index contributed by atoms with van der Waals surface area (Å²) in [6.45, 7) is 2.98. The Morgan fingerprint density at radius 3 is 2.71 bits per heavy atom. The number of rotatable bonds is 7. The Labute approximate surface area is 123 Å². The largest absolute Gasteiger partial charge is 0.468 e. The molecule has 1 aromatic heterocycles. The molecule has 0 fully saturated rings. The molecule has 114 valence electrons. The molecule has 0 unspecified atom stereocenters. The third-order valence-electron chi connectivity index (χ3n) is 2.90. The minimum absolute atomic E-state index is 0.0203. The molecule has 5 nitrogen and oxygen atoms in total. The van der Waals surface area contributed by atoms with Gasteiger partial charge in [-0.2, -0.15) is 0 Å². The molecule has 0 atom stereocenters. The summed E-state index contributed by atoms with van der Waals surface area (Å²) in [6.07, 6.45) is 1.46. The van der Waals surface area contributed by atoms with Crippen LogP contribution in [-0.4, -0.2) is 15.0 Å². The molecular formula is C14H17FN2O3S. The first-order valence-corrected chi connectivity index (χ1v) is 8.02. The van der Waals surface area contributed by atoms with E-state index in [0.29, 0.717) is 24.4 Å². The number of sulfonamides is 1. The van der Waals surface area contributed by atoms with Gasteiger partial charge in [0.1, 0.15) is 11.6 Å². The average Bonchev–Trinajstić information content (AvgIpc) is 2.97. The predicted molar refractivity (Wildman–Crippen MR) is 76.5 cm³/mol. The summed E-state index contributed by atoms with van der Waals surface area (Å²) in [4.78, 5) is -0.0602. The monoisotopic (exact) mass is 312 g/mol. The van der Waals surface area contributed by atoms with Crippen LogP contribution in [0.15, 0.2) is 45.9 Å². The first-order chi connectivity index (χ1) is 10.0. The van der Waals surface area contributed by atoms with Gasteiger partial charge in [-0.15, -0.1) is 0 Å². The topological polar surface area (TPSA) is 71.3 Å². The highest BCUT2D eigenvalue weighted by Gasteiger charge is 2.19. The lowest BCUT2D eigenvalue weighted by Gasteiger charge is -2.11. The molecule has 0 aliphatic carbocycles. The van der Waals surface area contributed by atoms with E-state index in [9.17, 15) is 12.8 Å². The van der Waals surface area contributed by atoms with Crippen LogP contribution in [0.3, 0.4) is 0 Å². The van der Waals surface area contributed by atoms with Crippen molar-refractivity contribution in [3.63, 3.8) is 0 Å². The van der Waals surface area contributed by atoms with Gasteiger partial charge >= 0.3 is 0 Å². The number of hydrogen-bond donors (Lipinski definition) is 2. The Balaban J connectivity index is 2.23. The van der Waals surface area contributed by atoms with Crippen LogP contribution in [0.1, 0.15) is 18.2 Å². The molecule has 0 saturated carbocycles. The van der Waals surface area contributed by atoms with Crippen molar-refractivity contribution in [3.05, 3.63) is 53.7 Å². The average molecular weight is 312 g/mol. The van der Waals surface area contributed by atoms with E-state index in [1.54, 1.807) is 12.1 Å². The maximum atomic E-state index is 13.4. The summed E-state index contributed by atoms with van der Waals surface area (Å²) in [5.41, 5.74) is 0.519. The van der Waals surface area contributed by atoms with Gasteiger partial charge < -0.3 is 9.73 Å². The van der Waals surface area contributed by atoms with E-state index in [-0.39, 0.29) is 11.4 Å². The highest BCUT2D eigenvalue weighted by molar-refractivity contribution is 7.89. The lowest BCUT2D eigenvalue weighted by molar-refractivity contribution is 0.498. The molecule has 0 bridgehead atoms. The van der Waals surface area contributed by atoms with Gasteiger partial charge in [0.25, 0.3) is 0 Å². The number of halogens is 1. The van der Waals surface area contributed by atoms with Crippen LogP contribution in [0.5, 0.6) is 0 Å². The van der Waals surface area contributed by atoms with Crippen molar-refractivity contribution >= 4 is 10.0 Å². The van der Waals surface area contributed by atoms with E-state index in [2.05, 4.69) is 10.0 Å². The molecule has 0 saturated heterocycles. The Morgan fingerprint density at radius 2 is 2.05 bits per heavy atom. The van der Waals surface area contributed by atoms with Crippen LogP contribution in [0.25, 0.3) is 0 Å². The zero-order chi connectivity index (χ0) is 15.3. The minimum atomic E-state index is -3.81. The van der Waals surface area contributed by atoms with E-state index >= 15 is 0 Å². The molecule has 7 heteroatoms. The molecule has 0 spiro atoms. The van der Waals surface area contributed by atoms with Crippen LogP contribution < -0.4 is 10.0 Å². The Bertz CT molecular complexity index is 684. The first kappa shape index (κ1) is 15.7. The van der Waals surface area contributed by atoms with Crippen molar-refractivity contribution in [2.75, 3.05) is 6.54 Å². The van der Waals surface area contributed by atoms with E-state index in [1.807, 2.05) is 6.92 Å². The van der Waals surface area contributed by atoms with Crippen molar-refractivity contribution < 1.29 is 17.2 Å². The second kappa shape index (κ2) is 6.84. The number of benzene rings is 1. The smallest absolute Gasteiger partial charge is 0.241 e. The van der Waals surface area contributed by atoms with Crippen LogP contribution in [-0.2, 0) is 23.1 Å². The van der Waals surface area contributed by atoms with Gasteiger partial charge in [-0.25, -0.2) is 17.5 Å². The van der Waals surface area contributed by atoms with Crippen molar-refractivity contribution in [2.24, 2.45) is 0 Å². The summed E-state index contributed by atoms with van der Waals surface area (Å²) in [5.74, 6) is -0.100. The molecule has 0 aliphatic heterocycles. The molecule has 21 heavy (non-hydrogen) atoms. The molecule has 0 aliphatic rings. The Morgan fingerprint density at radius 1 is 1.24 bits per heavy atom. The van der Waals surface area contributed by atoms with Gasteiger partial charge in [-0.3, -0.25) is 0 Å². The van der Waals surface area contributed by atoms with E-state index < -0.39 is 15.8 Å². The van der Waals surface area contributed by atoms with Gasteiger partial charge in [0.05, 0.1) is 17.7 Å². The van der Waals surface area contributed by atoms with Gasteiger partial charge in [0, 0.05) is 6.54 Å². The lowest BCUT2D eigenvalue weighted by Crippen LogP contribution is -2.25. The molecular weight excluding hydrogens is 295 g/mol. The summed E-state index contributed by atoms with van der Waals surface area (Å²) in [6, 6.07) is 7.07. The van der Waals surface area contributed by atoms with Crippen molar-refractivity contribution in [1.82, 2.24) is 10.0 Å². The molecule has 0 amide bonds. The summed E-state index contributed by atoms with van der Waals surface area (Å²) >= 11 is 0. The molecule has 2 rings (SSSR count). The van der Waals surface area contributed by atoms with Gasteiger partial charge in [0.2, 0.25) is 10.0 Å². The van der Waals surface area contributed by atoms with Gasteiger partial charge in [-0.1, -0.05) is 13.0 Å². The van der Waals surface area contributed by atoms with Crippen molar-refractivity contribution in [2.45, 2.75) is 24.9 Å². The number of hydrogen-bond acceptors (Lipinski definition) is 4. The van der Waals surface area contributed by atoms with Crippen molar-refractivity contribution in [1.29, 1.82) is 0 Å². The lowest BCUT2D eigenvalue weighted by atomic mass is 10.2. The third-order valence-corrected chi connectivity index (χ3v) is 4.38. The zero-order valence-electron chi connectivity index (χ0n) is 11.6. The second-order valence-electron chi connectivity index (χ2n) is 4.44. The van der Waals surface area contributed by atoms with Gasteiger partial charge in [-0.05, 0) is 36.4 Å². The van der Waals surface area contributed by atoms with Crippen LogP contribution in [0.4, 0.5) is 4.39 Å². The minimum Gasteiger partial charge on any atom is -0.468 e. The Kier molecular flexibility index (Phi) is 5.11. The summed E-state index contributed by atoms with van der Waals surface area (Å²) < 4.78 is 45.5. The molecule has 0 radical (unpaired) electrons. The molecule has 1 heterocycles. The Hall–Kier alpha value is -1.70. The quantitative estimate of drug-likeness (QED) is 0.820. The number of nitrogens with one attached hydrogen (secondary N) is 2. The first-order valence-electron chi connectivity index (χ1n) is 6.54. The standard InChI is InChI=1S/C14H17FN2O3S/c1-2-16-9-11-5-6-12(15)8-14(11)21(18,19)17-10-13-4-3-7-20-13/h3-8,16-17H,2,9-10H2,1H3. The summed E-state index contributed by atoms with van der Waals surface area (Å²) in [5, 5.41) is 3.03. The second-order valence-corrected chi connectivity index (χ2v) is 6.17. The fourth-order valence-electron chi connectivity index (χ4n) is 1.84. The van der Waals surface area contributed by atoms with Gasteiger partial charge in [0.15, 0.2) is 0 Å². The van der Waals surface area contributed by atoms with E-state index in [4.69, 9.17) is 4.42 Å². The maximum Gasteiger partial charge on any atom is 0.241 e. The highest BCUT2D eigenvalue weighted by atomic mass is 32.2. The zero-order valence-corrected chi connectivity index (χ0v) is 12.4. The third kappa shape index (κ3) is 4.13. The fourth-order valence-corrected chi connectivity index (χ4v) is 3.08. The normalized spacial score (nSPS) is 11.7. The maximum absolute atomic E-state index is 13.4. The summed E-state index contributed by atoms with van der Waals surface area (Å²) in [7, 11) is -3.81. The van der Waals surface area contributed by atoms with E-state index in [0.717, 1.165) is 6.07 Å².